The summed E-state index contributed by atoms with van der Waals surface area (Å²) in [5.41, 5.74) is 1.31. The molecule has 1 aromatic rings. The molecule has 1 aromatic carbocycles. The fraction of sp³-hybridized carbons (Fsp3) is 0.429. The molecule has 0 aliphatic carbocycles. The Hall–Kier alpha value is -1.62. The molecule has 0 unspecified atom stereocenters. The van der Waals surface area contributed by atoms with Crippen molar-refractivity contribution in [1.82, 2.24) is 0 Å². The van der Waals surface area contributed by atoms with Gasteiger partial charge in [-0.05, 0) is 37.6 Å². The Bertz CT molecular complexity index is 469. The third-order valence-electron chi connectivity index (χ3n) is 2.74. The lowest BCUT2D eigenvalue weighted by Crippen LogP contribution is -2.16. The Balaban J connectivity index is 3.31. The van der Waals surface area contributed by atoms with Gasteiger partial charge in [-0.1, -0.05) is 19.4 Å². The first-order valence-electron chi connectivity index (χ1n) is 6.33. The monoisotopic (exact) mass is 279 g/mol. The van der Waals surface area contributed by atoms with Crippen molar-refractivity contribution in [2.24, 2.45) is 0 Å². The van der Waals surface area contributed by atoms with E-state index in [0.29, 0.717) is 11.8 Å². The predicted octanol–water partition coefficient (Wildman–Crippen LogP) is 3.17. The van der Waals surface area contributed by atoms with E-state index in [0.717, 1.165) is 24.8 Å². The maximum absolute atomic E-state index is 11.3. The minimum Gasteiger partial charge on any atom is -0.542 e. The van der Waals surface area contributed by atoms with Crippen molar-refractivity contribution in [3.05, 3.63) is 28.8 Å². The molecule has 1 N–H and O–H groups in total. The number of aldehydes is 1. The molecule has 0 heterocycles. The molecular weight excluding hydrogens is 260 g/mol. The molecule has 0 spiro atoms. The Morgan fingerprint density at radius 1 is 1.42 bits per heavy atom. The molecule has 1 radical (unpaired) electrons. The van der Waals surface area contributed by atoms with E-state index in [4.69, 9.17) is 4.43 Å². The maximum atomic E-state index is 11.3. The lowest BCUT2D eigenvalue weighted by atomic mass is 9.99. The van der Waals surface area contributed by atoms with Crippen molar-refractivity contribution in [1.29, 1.82) is 0 Å². The largest absolute Gasteiger partial charge is 0.542 e. The number of rotatable bonds is 7. The van der Waals surface area contributed by atoms with E-state index in [1.165, 1.54) is 6.07 Å². The highest BCUT2D eigenvalue weighted by Gasteiger charge is 2.19. The number of aryl methyl sites for hydroxylation is 1. The second-order valence-corrected chi connectivity index (χ2v) is 6.57. The van der Waals surface area contributed by atoms with E-state index >= 15 is 0 Å². The zero-order chi connectivity index (χ0) is 14.4. The summed E-state index contributed by atoms with van der Waals surface area (Å²) in [6.07, 6.45) is 3.45. The van der Waals surface area contributed by atoms with Crippen LogP contribution in [0.5, 0.6) is 5.75 Å². The molecular formula is C14H19O4Si. The van der Waals surface area contributed by atoms with Gasteiger partial charge in [-0.15, -0.1) is 0 Å². The van der Waals surface area contributed by atoms with Crippen LogP contribution in [0.15, 0.2) is 12.1 Å². The molecule has 0 saturated heterocycles. The summed E-state index contributed by atoms with van der Waals surface area (Å²) in [5, 5.41) is 9.18. The average molecular weight is 279 g/mol. The topological polar surface area (TPSA) is 63.6 Å². The molecule has 5 heteroatoms. The van der Waals surface area contributed by atoms with E-state index < -0.39 is 15.0 Å². The van der Waals surface area contributed by atoms with E-state index in [1.807, 2.05) is 13.1 Å². The van der Waals surface area contributed by atoms with Crippen LogP contribution in [0.3, 0.4) is 0 Å². The predicted molar refractivity (Wildman–Crippen MR) is 75.5 cm³/mol. The highest BCUT2D eigenvalue weighted by Crippen LogP contribution is 2.28. The second kappa shape index (κ2) is 7.09. The SMILES string of the molecule is CCCCc1ccc(C(=O)O)c(O[Si](C)C)c1C=O. The number of carboxylic acids is 1. The molecule has 0 aliphatic rings. The van der Waals surface area contributed by atoms with Crippen molar-refractivity contribution >= 4 is 21.3 Å². The van der Waals surface area contributed by atoms with Crippen molar-refractivity contribution in [2.45, 2.75) is 39.3 Å². The summed E-state index contributed by atoms with van der Waals surface area (Å²) in [6.45, 7) is 5.88. The lowest BCUT2D eigenvalue weighted by molar-refractivity contribution is 0.0695. The van der Waals surface area contributed by atoms with Crippen molar-refractivity contribution < 1.29 is 19.1 Å². The lowest BCUT2D eigenvalue weighted by Gasteiger charge is -2.16. The average Bonchev–Trinajstić information content (AvgIpc) is 2.35. The quantitative estimate of drug-likeness (QED) is 0.615. The number of hydrogen-bond acceptors (Lipinski definition) is 3. The summed E-state index contributed by atoms with van der Waals surface area (Å²) in [6, 6.07) is 3.24. The highest BCUT2D eigenvalue weighted by molar-refractivity contribution is 6.49. The summed E-state index contributed by atoms with van der Waals surface area (Å²) < 4.78 is 5.64. The smallest absolute Gasteiger partial charge is 0.339 e. The van der Waals surface area contributed by atoms with Crippen LogP contribution in [-0.4, -0.2) is 26.4 Å². The molecule has 0 atom stereocenters. The Kier molecular flexibility index (Phi) is 5.76. The number of carbonyl (C=O) groups is 2. The summed E-state index contributed by atoms with van der Waals surface area (Å²) in [4.78, 5) is 22.5. The first kappa shape index (κ1) is 15.4. The fourth-order valence-electron chi connectivity index (χ4n) is 1.84. The molecule has 1 rings (SSSR count). The van der Waals surface area contributed by atoms with Crippen LogP contribution in [0, 0.1) is 0 Å². The minimum atomic E-state index is -1.13. The number of carboxylic acid groups (broad SMARTS) is 1. The van der Waals surface area contributed by atoms with E-state index in [9.17, 15) is 14.7 Å². The Morgan fingerprint density at radius 2 is 2.11 bits per heavy atom. The number of benzene rings is 1. The Labute approximate surface area is 115 Å². The van der Waals surface area contributed by atoms with Crippen molar-refractivity contribution in [3.8, 4) is 5.75 Å². The molecule has 0 fully saturated rings. The molecule has 0 saturated carbocycles. The Morgan fingerprint density at radius 3 is 2.58 bits per heavy atom. The van der Waals surface area contributed by atoms with E-state index in [2.05, 4.69) is 6.92 Å². The van der Waals surface area contributed by atoms with Crippen LogP contribution in [0.25, 0.3) is 0 Å². The summed E-state index contributed by atoms with van der Waals surface area (Å²) in [7, 11) is -1.13. The zero-order valence-electron chi connectivity index (χ0n) is 11.5. The number of carbonyl (C=O) groups excluding carboxylic acids is 1. The second-order valence-electron chi connectivity index (χ2n) is 4.55. The van der Waals surface area contributed by atoms with Gasteiger partial charge in [0.05, 0.1) is 5.56 Å². The van der Waals surface area contributed by atoms with Gasteiger partial charge in [-0.3, -0.25) is 4.79 Å². The fourth-order valence-corrected chi connectivity index (χ4v) is 2.47. The van der Waals surface area contributed by atoms with Crippen LogP contribution in [0.2, 0.25) is 13.1 Å². The zero-order valence-corrected chi connectivity index (χ0v) is 12.5. The van der Waals surface area contributed by atoms with Crippen LogP contribution >= 0.6 is 0 Å². The molecule has 0 aromatic heterocycles. The van der Waals surface area contributed by atoms with Crippen LogP contribution in [0.4, 0.5) is 0 Å². The van der Waals surface area contributed by atoms with Gasteiger partial charge in [0.15, 0.2) is 6.29 Å². The van der Waals surface area contributed by atoms with Crippen molar-refractivity contribution in [2.75, 3.05) is 0 Å². The summed E-state index contributed by atoms with van der Waals surface area (Å²) in [5.74, 6) is -0.835. The number of hydrogen-bond donors (Lipinski definition) is 1. The molecule has 4 nitrogen and oxygen atoms in total. The molecule has 0 bridgehead atoms. The van der Waals surface area contributed by atoms with Crippen LogP contribution in [-0.2, 0) is 6.42 Å². The highest BCUT2D eigenvalue weighted by atomic mass is 28.3. The molecule has 0 amide bonds. The third-order valence-corrected chi connectivity index (χ3v) is 3.35. The van der Waals surface area contributed by atoms with Gasteiger partial charge in [0.1, 0.15) is 11.3 Å². The van der Waals surface area contributed by atoms with Crippen LogP contribution < -0.4 is 4.43 Å². The van der Waals surface area contributed by atoms with Gasteiger partial charge in [0.25, 0.3) is 9.04 Å². The van der Waals surface area contributed by atoms with Crippen LogP contribution in [0.1, 0.15) is 46.0 Å². The third kappa shape index (κ3) is 3.92. The normalized spacial score (nSPS) is 10.5. The number of aromatic carboxylic acids is 1. The number of unbranched alkanes of at least 4 members (excludes halogenated alkanes) is 1. The van der Waals surface area contributed by atoms with Gasteiger partial charge in [0, 0.05) is 0 Å². The molecule has 103 valence electrons. The van der Waals surface area contributed by atoms with Gasteiger partial charge in [0.2, 0.25) is 0 Å². The molecule has 0 aliphatic heterocycles. The van der Waals surface area contributed by atoms with Gasteiger partial charge >= 0.3 is 5.97 Å². The summed E-state index contributed by atoms with van der Waals surface area (Å²) >= 11 is 0. The van der Waals surface area contributed by atoms with Gasteiger partial charge in [-0.25, -0.2) is 4.79 Å². The minimum absolute atomic E-state index is 0.0635. The van der Waals surface area contributed by atoms with Crippen molar-refractivity contribution in [3.63, 3.8) is 0 Å². The van der Waals surface area contributed by atoms with E-state index in [1.54, 1.807) is 6.07 Å². The first-order chi connectivity index (χ1) is 9.01. The van der Waals surface area contributed by atoms with Gasteiger partial charge < -0.3 is 9.53 Å². The standard InChI is InChI=1S/C14H19O4Si/c1-4-5-6-10-7-8-11(14(16)17)13(12(10)9-15)18-19(2)3/h7-9H,4-6H2,1-3H3,(H,16,17). The van der Waals surface area contributed by atoms with Gasteiger partial charge in [-0.2, -0.15) is 0 Å². The molecule has 19 heavy (non-hydrogen) atoms. The first-order valence-corrected chi connectivity index (χ1v) is 8.74. The maximum Gasteiger partial charge on any atom is 0.339 e. The van der Waals surface area contributed by atoms with E-state index in [-0.39, 0.29) is 11.3 Å².